The van der Waals surface area contributed by atoms with Gasteiger partial charge in [-0.25, -0.2) is 0 Å². The minimum absolute atomic E-state index is 0.0533. The fraction of sp³-hybridized carbons (Fsp3) is 0.500. The Kier molecular flexibility index (Phi) is 7.14. The van der Waals surface area contributed by atoms with Gasteiger partial charge in [-0.3, -0.25) is 14.6 Å². The predicted octanol–water partition coefficient (Wildman–Crippen LogP) is 4.47. The highest BCUT2D eigenvalue weighted by Crippen LogP contribution is 2.36. The lowest BCUT2D eigenvalue weighted by Gasteiger charge is -2.42. The molecule has 3 rings (SSSR count). The summed E-state index contributed by atoms with van der Waals surface area (Å²) in [5.41, 5.74) is 2.67. The molecule has 0 bridgehead atoms. The largest absolute Gasteiger partial charge is 0.356 e. The van der Waals surface area contributed by atoms with Crippen molar-refractivity contribution in [2.45, 2.75) is 53.4 Å². The lowest BCUT2D eigenvalue weighted by molar-refractivity contribution is -0.142. The van der Waals surface area contributed by atoms with E-state index in [2.05, 4.69) is 49.3 Å². The number of hydrogen-bond acceptors (Lipinski definition) is 3. The van der Waals surface area contributed by atoms with Gasteiger partial charge in [0.25, 0.3) is 0 Å². The molecular formula is C26H35N3O2. The summed E-state index contributed by atoms with van der Waals surface area (Å²) >= 11 is 0. The van der Waals surface area contributed by atoms with Crippen molar-refractivity contribution < 1.29 is 9.59 Å². The molecule has 0 saturated carbocycles. The van der Waals surface area contributed by atoms with Crippen LogP contribution in [-0.2, 0) is 16.0 Å². The number of benzene rings is 1. The van der Waals surface area contributed by atoms with Crippen LogP contribution in [0.15, 0.2) is 48.8 Å². The summed E-state index contributed by atoms with van der Waals surface area (Å²) in [5.74, 6) is 0.198. The van der Waals surface area contributed by atoms with Crippen molar-refractivity contribution in [2.75, 3.05) is 19.6 Å². The number of piperidine rings is 1. The van der Waals surface area contributed by atoms with Crippen molar-refractivity contribution in [3.8, 4) is 11.1 Å². The molecule has 5 nitrogen and oxygen atoms in total. The van der Waals surface area contributed by atoms with E-state index < -0.39 is 5.41 Å². The third-order valence-electron chi connectivity index (χ3n) is 5.91. The summed E-state index contributed by atoms with van der Waals surface area (Å²) in [6, 6.07) is 12.4. The summed E-state index contributed by atoms with van der Waals surface area (Å²) in [7, 11) is 0. The molecule has 1 atom stereocenters. The first-order valence-corrected chi connectivity index (χ1v) is 11.3. The minimum Gasteiger partial charge on any atom is -0.356 e. The zero-order valence-corrected chi connectivity index (χ0v) is 19.3. The number of carbonyl (C=O) groups excluding carboxylic acids is 2. The molecule has 1 aliphatic rings. The molecule has 2 amide bonds. The van der Waals surface area contributed by atoms with E-state index in [0.29, 0.717) is 25.9 Å². The molecule has 2 heterocycles. The van der Waals surface area contributed by atoms with Crippen LogP contribution in [0.5, 0.6) is 0 Å². The number of likely N-dealkylation sites (tertiary alicyclic amines) is 1. The van der Waals surface area contributed by atoms with Crippen molar-refractivity contribution >= 4 is 11.8 Å². The molecule has 1 aromatic heterocycles. The van der Waals surface area contributed by atoms with Crippen LogP contribution in [0.25, 0.3) is 11.1 Å². The van der Waals surface area contributed by atoms with Crippen molar-refractivity contribution in [3.05, 3.63) is 54.4 Å². The Bertz CT molecular complexity index is 904. The second kappa shape index (κ2) is 9.63. The van der Waals surface area contributed by atoms with Gasteiger partial charge in [-0.15, -0.1) is 0 Å². The van der Waals surface area contributed by atoms with Crippen LogP contribution >= 0.6 is 0 Å². The second-order valence-corrected chi connectivity index (χ2v) is 9.91. The molecule has 166 valence electrons. The zero-order chi connectivity index (χ0) is 22.5. The fourth-order valence-corrected chi connectivity index (χ4v) is 4.46. The Morgan fingerprint density at radius 1 is 1.13 bits per heavy atom. The topological polar surface area (TPSA) is 62.3 Å². The summed E-state index contributed by atoms with van der Waals surface area (Å²) in [4.78, 5) is 32.3. The van der Waals surface area contributed by atoms with E-state index in [1.54, 1.807) is 12.4 Å². The molecule has 5 heteroatoms. The molecule has 0 radical (unpaired) electrons. The summed E-state index contributed by atoms with van der Waals surface area (Å²) in [5, 5.41) is 3.05. The van der Waals surface area contributed by atoms with E-state index in [0.717, 1.165) is 36.1 Å². The van der Waals surface area contributed by atoms with Gasteiger partial charge in [-0.1, -0.05) is 45.0 Å². The van der Waals surface area contributed by atoms with Gasteiger partial charge in [-0.05, 0) is 60.4 Å². The lowest BCUT2D eigenvalue weighted by atomic mass is 9.73. The highest BCUT2D eigenvalue weighted by atomic mass is 16.2. The zero-order valence-electron chi connectivity index (χ0n) is 19.3. The molecule has 1 saturated heterocycles. The Morgan fingerprint density at radius 3 is 2.55 bits per heavy atom. The first-order valence-electron chi connectivity index (χ1n) is 11.3. The maximum atomic E-state index is 13.3. The third-order valence-corrected chi connectivity index (χ3v) is 5.91. The molecule has 1 N–H and O–H groups in total. The monoisotopic (exact) mass is 421 g/mol. The standard InChI is InChI=1S/C26H35N3O2/c1-5-28-24(31)26(12-7-15-29(19-26)23(30)18-25(2,3)4)17-20-8-6-9-22(16-20)21-10-13-27-14-11-21/h6,8-11,13-14,16H,5,7,12,15,17-19H2,1-4H3,(H,28,31). The van der Waals surface area contributed by atoms with Crippen LogP contribution in [0.1, 0.15) is 52.5 Å². The van der Waals surface area contributed by atoms with Gasteiger partial charge in [-0.2, -0.15) is 0 Å². The number of amides is 2. The molecule has 1 aromatic carbocycles. The smallest absolute Gasteiger partial charge is 0.228 e. The average Bonchev–Trinajstić information content (AvgIpc) is 2.74. The van der Waals surface area contributed by atoms with Crippen LogP contribution in [0.3, 0.4) is 0 Å². The van der Waals surface area contributed by atoms with E-state index in [-0.39, 0.29) is 17.2 Å². The number of nitrogens with one attached hydrogen (secondary N) is 1. The Balaban J connectivity index is 1.87. The average molecular weight is 422 g/mol. The predicted molar refractivity (Wildman–Crippen MR) is 124 cm³/mol. The summed E-state index contributed by atoms with van der Waals surface area (Å²) in [6.07, 6.45) is 6.33. The maximum absolute atomic E-state index is 13.3. The van der Waals surface area contributed by atoms with Gasteiger partial charge in [0, 0.05) is 38.4 Å². The number of nitrogens with zero attached hydrogens (tertiary/aromatic N) is 2. The Hall–Kier alpha value is -2.69. The van der Waals surface area contributed by atoms with Gasteiger partial charge >= 0.3 is 0 Å². The molecule has 1 aliphatic heterocycles. The van der Waals surface area contributed by atoms with Crippen LogP contribution in [0.4, 0.5) is 0 Å². The lowest BCUT2D eigenvalue weighted by Crippen LogP contribution is -2.54. The maximum Gasteiger partial charge on any atom is 0.228 e. The van der Waals surface area contributed by atoms with Gasteiger partial charge in [0.2, 0.25) is 11.8 Å². The Morgan fingerprint density at radius 2 is 1.87 bits per heavy atom. The quantitative estimate of drug-likeness (QED) is 0.748. The number of carbonyl (C=O) groups is 2. The highest BCUT2D eigenvalue weighted by molar-refractivity contribution is 5.85. The number of hydrogen-bond donors (Lipinski definition) is 1. The van der Waals surface area contributed by atoms with Crippen LogP contribution < -0.4 is 5.32 Å². The van der Waals surface area contributed by atoms with Crippen molar-refractivity contribution in [3.63, 3.8) is 0 Å². The van der Waals surface area contributed by atoms with Gasteiger partial charge in [0.15, 0.2) is 0 Å². The van der Waals surface area contributed by atoms with Crippen LogP contribution in [0.2, 0.25) is 0 Å². The van der Waals surface area contributed by atoms with E-state index >= 15 is 0 Å². The second-order valence-electron chi connectivity index (χ2n) is 9.91. The highest BCUT2D eigenvalue weighted by Gasteiger charge is 2.43. The fourth-order valence-electron chi connectivity index (χ4n) is 4.46. The molecule has 0 spiro atoms. The third kappa shape index (κ3) is 5.93. The first kappa shape index (κ1) is 23.0. The van der Waals surface area contributed by atoms with Crippen LogP contribution in [-0.4, -0.2) is 41.3 Å². The minimum atomic E-state index is -0.599. The van der Waals surface area contributed by atoms with Gasteiger partial charge in [0.1, 0.15) is 0 Å². The number of pyridine rings is 1. The molecule has 1 fully saturated rings. The first-order chi connectivity index (χ1) is 14.7. The summed E-state index contributed by atoms with van der Waals surface area (Å²) in [6.45, 7) is 9.98. The van der Waals surface area contributed by atoms with E-state index in [9.17, 15) is 9.59 Å². The van der Waals surface area contributed by atoms with Crippen molar-refractivity contribution in [2.24, 2.45) is 10.8 Å². The molecule has 1 unspecified atom stereocenters. The van der Waals surface area contributed by atoms with E-state index in [4.69, 9.17) is 0 Å². The van der Waals surface area contributed by atoms with Crippen molar-refractivity contribution in [1.29, 1.82) is 0 Å². The molecule has 2 aromatic rings. The van der Waals surface area contributed by atoms with E-state index in [1.807, 2.05) is 30.0 Å². The SMILES string of the molecule is CCNC(=O)C1(Cc2cccc(-c3ccncc3)c2)CCCN(C(=O)CC(C)(C)C)C1. The van der Waals surface area contributed by atoms with Gasteiger partial charge < -0.3 is 10.2 Å². The summed E-state index contributed by atoms with van der Waals surface area (Å²) < 4.78 is 0. The van der Waals surface area contributed by atoms with Gasteiger partial charge in [0.05, 0.1) is 5.41 Å². The number of rotatable bonds is 6. The van der Waals surface area contributed by atoms with Crippen molar-refractivity contribution in [1.82, 2.24) is 15.2 Å². The Labute approximate surface area is 186 Å². The number of aromatic nitrogens is 1. The molecular weight excluding hydrogens is 386 g/mol. The van der Waals surface area contributed by atoms with Crippen LogP contribution in [0, 0.1) is 10.8 Å². The molecule has 0 aliphatic carbocycles. The normalized spacial score (nSPS) is 19.2. The van der Waals surface area contributed by atoms with E-state index in [1.165, 1.54) is 0 Å². The molecule has 31 heavy (non-hydrogen) atoms.